The van der Waals surface area contributed by atoms with E-state index in [1.807, 2.05) is 102 Å². The van der Waals surface area contributed by atoms with E-state index in [0.29, 0.717) is 36.0 Å². The molecular formula is C46H41N7O6. The Bertz CT molecular complexity index is 2600. The number of tetrazole rings is 1. The van der Waals surface area contributed by atoms with Crippen molar-refractivity contribution in [2.24, 2.45) is 0 Å². The molecule has 5 aromatic carbocycles. The van der Waals surface area contributed by atoms with E-state index in [2.05, 4.69) is 63.4 Å². The predicted octanol–water partition coefficient (Wildman–Crippen LogP) is 8.36. The average Bonchev–Trinajstić information content (AvgIpc) is 4.00. The number of aryl methyl sites for hydroxylation is 1. The molecule has 0 N–H and O–H groups in total. The van der Waals surface area contributed by atoms with Crippen LogP contribution in [0.5, 0.6) is 6.01 Å². The van der Waals surface area contributed by atoms with E-state index >= 15 is 0 Å². The zero-order chi connectivity index (χ0) is 40.8. The fraction of sp³-hybridized carbons (Fsp3) is 0.174. The maximum atomic E-state index is 13.3. The Morgan fingerprint density at radius 1 is 0.712 bits per heavy atom. The van der Waals surface area contributed by atoms with Gasteiger partial charge in [0.05, 0.1) is 42.0 Å². The van der Waals surface area contributed by atoms with Crippen LogP contribution >= 0.6 is 0 Å². The minimum Gasteiger partial charge on any atom is -0.465 e. The van der Waals surface area contributed by atoms with Crippen molar-refractivity contribution in [3.63, 3.8) is 0 Å². The maximum absolute atomic E-state index is 13.3. The first-order valence-corrected chi connectivity index (χ1v) is 19.2. The Hall–Kier alpha value is -7.54. The SMILES string of the molecule is CCOC(=O)OCOC(=O)c1cccc2nc(OCC)n(Cc3ccc(-n4cc(C)cc4-c4nnnn4C(c4ccccc4)(c4ccccc4)c4ccccc4)cc3)c12. The van der Waals surface area contributed by atoms with Gasteiger partial charge in [0.15, 0.2) is 0 Å². The summed E-state index contributed by atoms with van der Waals surface area (Å²) >= 11 is 0. The van der Waals surface area contributed by atoms with Crippen LogP contribution in [0.4, 0.5) is 4.79 Å². The highest BCUT2D eigenvalue weighted by atomic mass is 16.8. The normalized spacial score (nSPS) is 11.4. The van der Waals surface area contributed by atoms with Gasteiger partial charge < -0.3 is 23.5 Å². The first-order valence-electron chi connectivity index (χ1n) is 19.2. The number of aromatic nitrogens is 7. The van der Waals surface area contributed by atoms with E-state index in [-0.39, 0.29) is 12.2 Å². The van der Waals surface area contributed by atoms with Gasteiger partial charge in [-0.15, -0.1) is 5.10 Å². The fourth-order valence-corrected chi connectivity index (χ4v) is 7.49. The predicted molar refractivity (Wildman–Crippen MR) is 220 cm³/mol. The summed E-state index contributed by atoms with van der Waals surface area (Å²) in [7, 11) is 0. The number of benzene rings is 5. The molecule has 0 unspecified atom stereocenters. The Kier molecular flexibility index (Phi) is 11.0. The van der Waals surface area contributed by atoms with Gasteiger partial charge in [0.25, 0.3) is 6.01 Å². The molecule has 59 heavy (non-hydrogen) atoms. The summed E-state index contributed by atoms with van der Waals surface area (Å²) in [6.07, 6.45) is 1.14. The molecule has 0 amide bonds. The summed E-state index contributed by atoms with van der Waals surface area (Å²) in [4.78, 5) is 29.6. The lowest BCUT2D eigenvalue weighted by atomic mass is 9.77. The molecule has 0 atom stereocenters. The monoisotopic (exact) mass is 787 g/mol. The molecular weight excluding hydrogens is 747 g/mol. The summed E-state index contributed by atoms with van der Waals surface area (Å²) in [5.74, 6) is -0.106. The first-order chi connectivity index (χ1) is 28.9. The van der Waals surface area contributed by atoms with Gasteiger partial charge in [0.1, 0.15) is 5.54 Å². The third-order valence-electron chi connectivity index (χ3n) is 9.96. The average molecular weight is 788 g/mol. The van der Waals surface area contributed by atoms with Gasteiger partial charge in [-0.3, -0.25) is 4.57 Å². The number of ether oxygens (including phenoxy) is 4. The molecule has 3 heterocycles. The quantitative estimate of drug-likeness (QED) is 0.0601. The maximum Gasteiger partial charge on any atom is 0.511 e. The molecule has 0 aliphatic rings. The van der Waals surface area contributed by atoms with Crippen LogP contribution in [0.3, 0.4) is 0 Å². The molecule has 0 bridgehead atoms. The van der Waals surface area contributed by atoms with Crippen molar-refractivity contribution in [1.29, 1.82) is 0 Å². The van der Waals surface area contributed by atoms with Crippen molar-refractivity contribution < 1.29 is 28.5 Å². The van der Waals surface area contributed by atoms with Crippen molar-refractivity contribution in [2.45, 2.75) is 32.9 Å². The number of hydrogen-bond donors (Lipinski definition) is 0. The molecule has 0 aliphatic heterocycles. The largest absolute Gasteiger partial charge is 0.511 e. The molecule has 0 aliphatic carbocycles. The molecule has 296 valence electrons. The minimum atomic E-state index is -0.925. The van der Waals surface area contributed by atoms with Gasteiger partial charge in [0, 0.05) is 11.9 Å². The number of rotatable bonds is 14. The van der Waals surface area contributed by atoms with Crippen LogP contribution in [-0.4, -0.2) is 66.5 Å². The van der Waals surface area contributed by atoms with Gasteiger partial charge in [0.2, 0.25) is 12.6 Å². The topological polar surface area (TPSA) is 137 Å². The van der Waals surface area contributed by atoms with Crippen LogP contribution in [0, 0.1) is 6.92 Å². The lowest BCUT2D eigenvalue weighted by molar-refractivity contribution is -0.0261. The van der Waals surface area contributed by atoms with E-state index in [4.69, 9.17) is 29.3 Å². The van der Waals surface area contributed by atoms with Crippen molar-refractivity contribution in [1.82, 2.24) is 34.3 Å². The zero-order valence-corrected chi connectivity index (χ0v) is 32.8. The zero-order valence-electron chi connectivity index (χ0n) is 32.8. The van der Waals surface area contributed by atoms with E-state index in [1.165, 1.54) is 0 Å². The molecule has 13 heteroatoms. The highest BCUT2D eigenvalue weighted by Gasteiger charge is 2.42. The van der Waals surface area contributed by atoms with Crippen LogP contribution in [0.2, 0.25) is 0 Å². The number of carbonyl (C=O) groups is 2. The van der Waals surface area contributed by atoms with Crippen molar-refractivity contribution in [3.8, 4) is 23.2 Å². The Labute approximate surface area is 340 Å². The van der Waals surface area contributed by atoms with E-state index < -0.39 is 24.5 Å². The summed E-state index contributed by atoms with van der Waals surface area (Å²) in [5, 5.41) is 13.8. The van der Waals surface area contributed by atoms with Crippen LogP contribution < -0.4 is 4.74 Å². The van der Waals surface area contributed by atoms with Gasteiger partial charge in [-0.25, -0.2) is 14.3 Å². The van der Waals surface area contributed by atoms with E-state index in [1.54, 1.807) is 25.1 Å². The molecule has 0 spiro atoms. The Morgan fingerprint density at radius 2 is 1.36 bits per heavy atom. The van der Waals surface area contributed by atoms with E-state index in [0.717, 1.165) is 39.2 Å². The summed E-state index contributed by atoms with van der Waals surface area (Å²) in [6, 6.07) is 46.6. The number of nitrogens with zero attached hydrogens (tertiary/aromatic N) is 7. The number of imidazole rings is 1. The molecule has 0 fully saturated rings. The van der Waals surface area contributed by atoms with Crippen LogP contribution in [-0.2, 0) is 26.3 Å². The number of esters is 1. The van der Waals surface area contributed by atoms with Gasteiger partial charge >= 0.3 is 12.1 Å². The number of carbonyl (C=O) groups excluding carboxylic acids is 2. The lowest BCUT2D eigenvalue weighted by Crippen LogP contribution is -2.39. The second-order valence-electron chi connectivity index (χ2n) is 13.6. The molecule has 8 rings (SSSR count). The first kappa shape index (κ1) is 38.3. The second-order valence-corrected chi connectivity index (χ2v) is 13.6. The minimum absolute atomic E-state index is 0.137. The smallest absolute Gasteiger partial charge is 0.465 e. The third-order valence-corrected chi connectivity index (χ3v) is 9.96. The molecule has 0 saturated heterocycles. The van der Waals surface area contributed by atoms with Crippen molar-refractivity contribution in [2.75, 3.05) is 20.0 Å². The second kappa shape index (κ2) is 16.9. The molecule has 13 nitrogen and oxygen atoms in total. The summed E-state index contributed by atoms with van der Waals surface area (Å²) in [6.45, 7) is 5.81. The van der Waals surface area contributed by atoms with Crippen LogP contribution in [0.15, 0.2) is 146 Å². The van der Waals surface area contributed by atoms with Crippen LogP contribution in [0.1, 0.15) is 52.0 Å². The molecule has 0 saturated carbocycles. The van der Waals surface area contributed by atoms with Gasteiger partial charge in [-0.1, -0.05) is 109 Å². The van der Waals surface area contributed by atoms with Crippen LogP contribution in [0.25, 0.3) is 28.2 Å². The molecule has 3 aromatic heterocycles. The highest BCUT2D eigenvalue weighted by molar-refractivity contribution is 6.02. The highest BCUT2D eigenvalue weighted by Crippen LogP contribution is 2.42. The Balaban J connectivity index is 1.17. The Morgan fingerprint density at radius 3 is 1.97 bits per heavy atom. The number of hydrogen-bond acceptors (Lipinski definition) is 10. The van der Waals surface area contributed by atoms with Crippen molar-refractivity contribution >= 4 is 23.2 Å². The number of fused-ring (bicyclic) bond motifs is 1. The fourth-order valence-electron chi connectivity index (χ4n) is 7.49. The molecule has 0 radical (unpaired) electrons. The van der Waals surface area contributed by atoms with Gasteiger partial charge in [-0.2, -0.15) is 4.98 Å². The third kappa shape index (κ3) is 7.41. The van der Waals surface area contributed by atoms with Gasteiger partial charge in [-0.05, 0) is 89.3 Å². The number of para-hydroxylation sites is 1. The lowest BCUT2D eigenvalue weighted by Gasteiger charge is -2.36. The standard InChI is InChI=1S/C46H41N7O6/c1-4-56-44-47-39-23-15-22-38(43(54)58-31-59-45(55)57-5-2)41(39)52(44)30-33-24-26-37(27-25-33)51-29-32(3)28-40(51)42-48-49-50-53(42)46(34-16-9-6-10-17-34,35-18-11-7-12-19-35)36-20-13-8-14-21-36/h6-29H,4-5,30-31H2,1-3H3. The summed E-state index contributed by atoms with van der Waals surface area (Å²) in [5.41, 5.74) is 7.07. The van der Waals surface area contributed by atoms with E-state index in [9.17, 15) is 9.59 Å². The van der Waals surface area contributed by atoms with Crippen molar-refractivity contribution in [3.05, 3.63) is 179 Å². The molecule has 8 aromatic rings. The summed E-state index contributed by atoms with van der Waals surface area (Å²) < 4.78 is 26.7.